The van der Waals surface area contributed by atoms with Crippen LogP contribution in [0.1, 0.15) is 30.0 Å². The zero-order valence-electron chi connectivity index (χ0n) is 18.6. The Morgan fingerprint density at radius 2 is 1.67 bits per heavy atom. The van der Waals surface area contributed by atoms with Gasteiger partial charge in [0.05, 0.1) is 0 Å². The smallest absolute Gasteiger partial charge is 0.243 e. The van der Waals surface area contributed by atoms with Gasteiger partial charge in [-0.2, -0.15) is 0 Å². The highest BCUT2D eigenvalue weighted by Crippen LogP contribution is 2.21. The first-order chi connectivity index (χ1) is 16.0. The first-order valence-corrected chi connectivity index (χ1v) is 12.2. The Hall–Kier alpha value is -2.63. The summed E-state index contributed by atoms with van der Waals surface area (Å²) >= 11 is 9.81. The molecule has 6 heteroatoms. The van der Waals surface area contributed by atoms with Gasteiger partial charge in [0.1, 0.15) is 6.04 Å². The van der Waals surface area contributed by atoms with Crippen molar-refractivity contribution in [3.63, 3.8) is 0 Å². The van der Waals surface area contributed by atoms with E-state index in [1.54, 1.807) is 4.90 Å². The van der Waals surface area contributed by atoms with E-state index in [0.717, 1.165) is 21.2 Å². The number of amides is 2. The molecular formula is C27H28BrClN2O2. The second-order valence-corrected chi connectivity index (χ2v) is 9.17. The summed E-state index contributed by atoms with van der Waals surface area (Å²) in [6.07, 6.45) is 1.22. The third-order valence-corrected chi connectivity index (χ3v) is 6.29. The van der Waals surface area contributed by atoms with E-state index in [-0.39, 0.29) is 18.2 Å². The topological polar surface area (TPSA) is 49.4 Å². The molecule has 1 N–H and O–H groups in total. The molecule has 3 aromatic rings. The van der Waals surface area contributed by atoms with Crippen molar-refractivity contribution in [1.82, 2.24) is 10.2 Å². The van der Waals surface area contributed by atoms with Crippen LogP contribution in [-0.2, 0) is 29.0 Å². The standard InChI is InChI=1S/C27H28BrClN2O2/c1-2-30-27(33)25(18-20-9-4-3-5-10-20)31(19-21-11-8-13-23(28)17-21)26(32)16-15-22-12-6-7-14-24(22)29/h3-14,17,25H,2,15-16,18-19H2,1H3,(H,30,33)/t25-/m0/s1. The maximum Gasteiger partial charge on any atom is 0.243 e. The number of nitrogens with one attached hydrogen (secondary N) is 1. The van der Waals surface area contributed by atoms with Gasteiger partial charge in [-0.25, -0.2) is 0 Å². The van der Waals surface area contributed by atoms with Crippen molar-refractivity contribution >= 4 is 39.3 Å². The third-order valence-electron chi connectivity index (χ3n) is 5.43. The third kappa shape index (κ3) is 7.44. The zero-order valence-corrected chi connectivity index (χ0v) is 21.0. The van der Waals surface area contributed by atoms with Crippen LogP contribution in [0.2, 0.25) is 5.02 Å². The quantitative estimate of drug-likeness (QED) is 0.362. The van der Waals surface area contributed by atoms with Gasteiger partial charge in [-0.15, -0.1) is 0 Å². The highest BCUT2D eigenvalue weighted by Gasteiger charge is 2.30. The molecule has 33 heavy (non-hydrogen) atoms. The molecule has 172 valence electrons. The molecule has 2 amide bonds. The molecular weight excluding hydrogens is 500 g/mol. The fourth-order valence-corrected chi connectivity index (χ4v) is 4.44. The summed E-state index contributed by atoms with van der Waals surface area (Å²) < 4.78 is 0.932. The Bertz CT molecular complexity index is 1070. The molecule has 0 unspecified atom stereocenters. The summed E-state index contributed by atoms with van der Waals surface area (Å²) in [5.41, 5.74) is 2.89. The van der Waals surface area contributed by atoms with Crippen molar-refractivity contribution in [3.05, 3.63) is 105 Å². The minimum atomic E-state index is -0.620. The lowest BCUT2D eigenvalue weighted by Gasteiger charge is -2.31. The molecule has 4 nitrogen and oxygen atoms in total. The fourth-order valence-electron chi connectivity index (χ4n) is 3.76. The summed E-state index contributed by atoms with van der Waals surface area (Å²) in [5.74, 6) is -0.232. The number of aryl methyl sites for hydroxylation is 1. The number of benzene rings is 3. The number of halogens is 2. The number of hydrogen-bond acceptors (Lipinski definition) is 2. The lowest BCUT2D eigenvalue weighted by Crippen LogP contribution is -2.50. The van der Waals surface area contributed by atoms with E-state index in [1.807, 2.05) is 85.8 Å². The predicted molar refractivity (Wildman–Crippen MR) is 137 cm³/mol. The second kappa shape index (κ2) is 12.6. The van der Waals surface area contributed by atoms with Gasteiger partial charge < -0.3 is 10.2 Å². The van der Waals surface area contributed by atoms with E-state index in [1.165, 1.54) is 0 Å². The normalized spacial score (nSPS) is 11.6. The molecule has 0 aliphatic rings. The van der Waals surface area contributed by atoms with Gasteiger partial charge in [-0.05, 0) is 48.2 Å². The molecule has 0 aliphatic heterocycles. The van der Waals surface area contributed by atoms with E-state index >= 15 is 0 Å². The Morgan fingerprint density at radius 1 is 0.970 bits per heavy atom. The van der Waals surface area contributed by atoms with Crippen LogP contribution in [0, 0.1) is 0 Å². The first kappa shape index (κ1) is 25.0. The van der Waals surface area contributed by atoms with Crippen LogP contribution in [0.3, 0.4) is 0 Å². The van der Waals surface area contributed by atoms with Gasteiger partial charge in [0, 0.05) is 35.4 Å². The predicted octanol–water partition coefficient (Wildman–Crippen LogP) is 5.81. The van der Waals surface area contributed by atoms with Gasteiger partial charge in [-0.3, -0.25) is 9.59 Å². The van der Waals surface area contributed by atoms with Gasteiger partial charge in [0.25, 0.3) is 0 Å². The van der Waals surface area contributed by atoms with Crippen molar-refractivity contribution in [2.24, 2.45) is 0 Å². The summed E-state index contributed by atoms with van der Waals surface area (Å²) in [7, 11) is 0. The van der Waals surface area contributed by atoms with Gasteiger partial charge in [0.15, 0.2) is 0 Å². The molecule has 0 aliphatic carbocycles. The first-order valence-electron chi connectivity index (χ1n) is 11.1. The minimum Gasteiger partial charge on any atom is -0.355 e. The minimum absolute atomic E-state index is 0.0814. The highest BCUT2D eigenvalue weighted by atomic mass is 79.9. The van der Waals surface area contributed by atoms with E-state index < -0.39 is 6.04 Å². The summed E-state index contributed by atoms with van der Waals surface area (Å²) in [5, 5.41) is 3.56. The molecule has 0 spiro atoms. The largest absolute Gasteiger partial charge is 0.355 e. The monoisotopic (exact) mass is 526 g/mol. The average Bonchev–Trinajstić information content (AvgIpc) is 2.81. The number of likely N-dealkylation sites (N-methyl/N-ethyl adjacent to an activating group) is 1. The molecule has 0 aromatic heterocycles. The molecule has 0 bridgehead atoms. The van der Waals surface area contributed by atoms with Crippen molar-refractivity contribution in [3.8, 4) is 0 Å². The number of hydrogen-bond donors (Lipinski definition) is 1. The highest BCUT2D eigenvalue weighted by molar-refractivity contribution is 9.10. The summed E-state index contributed by atoms with van der Waals surface area (Å²) in [6.45, 7) is 2.73. The van der Waals surface area contributed by atoms with E-state index in [9.17, 15) is 9.59 Å². The number of carbonyl (C=O) groups excluding carboxylic acids is 2. The van der Waals surface area contributed by atoms with Gasteiger partial charge >= 0.3 is 0 Å². The Morgan fingerprint density at radius 3 is 2.36 bits per heavy atom. The van der Waals surface area contributed by atoms with E-state index in [4.69, 9.17) is 11.6 Å². The molecule has 0 fully saturated rings. The molecule has 1 atom stereocenters. The molecule has 0 saturated carbocycles. The van der Waals surface area contributed by atoms with Crippen LogP contribution in [0.15, 0.2) is 83.3 Å². The van der Waals surface area contributed by atoms with Crippen molar-refractivity contribution < 1.29 is 9.59 Å². The van der Waals surface area contributed by atoms with Crippen LogP contribution in [0.25, 0.3) is 0 Å². The fraction of sp³-hybridized carbons (Fsp3) is 0.259. The summed E-state index contributed by atoms with van der Waals surface area (Å²) in [6, 6.07) is 24.6. The Labute approximate surface area is 209 Å². The SMILES string of the molecule is CCNC(=O)[C@H](Cc1ccccc1)N(Cc1cccc(Br)c1)C(=O)CCc1ccccc1Cl. The Kier molecular flexibility index (Phi) is 9.52. The number of carbonyl (C=O) groups is 2. The Balaban J connectivity index is 1.90. The molecule has 0 heterocycles. The second-order valence-electron chi connectivity index (χ2n) is 7.84. The summed E-state index contributed by atoms with van der Waals surface area (Å²) in [4.78, 5) is 28.4. The van der Waals surface area contributed by atoms with Gasteiger partial charge in [-0.1, -0.05) is 88.2 Å². The number of rotatable bonds is 10. The number of nitrogens with zero attached hydrogens (tertiary/aromatic N) is 1. The molecule has 3 rings (SSSR count). The van der Waals surface area contributed by atoms with Gasteiger partial charge in [0.2, 0.25) is 11.8 Å². The van der Waals surface area contributed by atoms with Crippen molar-refractivity contribution in [2.75, 3.05) is 6.54 Å². The zero-order chi connectivity index (χ0) is 23.6. The van der Waals surface area contributed by atoms with Crippen LogP contribution < -0.4 is 5.32 Å². The lowest BCUT2D eigenvalue weighted by molar-refractivity contribution is -0.141. The van der Waals surface area contributed by atoms with E-state index in [2.05, 4.69) is 21.2 Å². The van der Waals surface area contributed by atoms with Crippen LogP contribution in [0.4, 0.5) is 0 Å². The average molecular weight is 528 g/mol. The molecule has 3 aromatic carbocycles. The van der Waals surface area contributed by atoms with Crippen LogP contribution in [-0.4, -0.2) is 29.3 Å². The van der Waals surface area contributed by atoms with Crippen LogP contribution in [0.5, 0.6) is 0 Å². The maximum absolute atomic E-state index is 13.5. The van der Waals surface area contributed by atoms with Crippen LogP contribution >= 0.6 is 27.5 Å². The van der Waals surface area contributed by atoms with Crippen molar-refractivity contribution in [2.45, 2.75) is 38.8 Å². The molecule has 0 radical (unpaired) electrons. The lowest BCUT2D eigenvalue weighted by atomic mass is 10.0. The maximum atomic E-state index is 13.5. The molecule has 0 saturated heterocycles. The van der Waals surface area contributed by atoms with Crippen molar-refractivity contribution in [1.29, 1.82) is 0 Å². The van der Waals surface area contributed by atoms with E-state index in [0.29, 0.717) is 31.0 Å².